The molecule has 2 heterocycles. The average molecular weight is 692 g/mol. The highest BCUT2D eigenvalue weighted by molar-refractivity contribution is 6.30. The van der Waals surface area contributed by atoms with E-state index < -0.39 is 17.5 Å². The van der Waals surface area contributed by atoms with Crippen molar-refractivity contribution >= 4 is 41.0 Å². The van der Waals surface area contributed by atoms with Crippen LogP contribution >= 0.6 is 23.2 Å². The van der Waals surface area contributed by atoms with Crippen LogP contribution in [0.1, 0.15) is 55.1 Å². The van der Waals surface area contributed by atoms with Crippen LogP contribution < -0.4 is 4.74 Å². The minimum absolute atomic E-state index is 0.161. The van der Waals surface area contributed by atoms with Gasteiger partial charge in [-0.05, 0) is 73.9 Å². The molecule has 0 aromatic heterocycles. The number of likely N-dealkylation sites (N-methyl/N-ethyl adjacent to an activating group) is 1. The minimum Gasteiger partial charge on any atom is -0.493 e. The lowest BCUT2D eigenvalue weighted by Crippen LogP contribution is -2.55. The van der Waals surface area contributed by atoms with Crippen LogP contribution in [0, 0.1) is 11.3 Å². The highest BCUT2D eigenvalue weighted by Crippen LogP contribution is 2.46. The number of rotatable bonds is 9. The van der Waals surface area contributed by atoms with Gasteiger partial charge in [0, 0.05) is 43.3 Å². The molecule has 1 saturated heterocycles. The van der Waals surface area contributed by atoms with Crippen LogP contribution in [0.2, 0.25) is 10.0 Å². The van der Waals surface area contributed by atoms with Crippen molar-refractivity contribution in [2.24, 2.45) is 4.99 Å². The predicted molar refractivity (Wildman–Crippen MR) is 186 cm³/mol. The number of nitriles is 1. The Bertz CT molecular complexity index is 1700. The number of urea groups is 1. The minimum atomic E-state index is -0.756. The van der Waals surface area contributed by atoms with Crippen LogP contribution in [0.15, 0.2) is 71.7 Å². The number of piperazine rings is 1. The summed E-state index contributed by atoms with van der Waals surface area (Å²) in [5.41, 5.74) is 2.43. The van der Waals surface area contributed by atoms with Crippen LogP contribution in [0.3, 0.4) is 0 Å². The van der Waals surface area contributed by atoms with Gasteiger partial charge in [-0.3, -0.25) is 24.4 Å². The van der Waals surface area contributed by atoms with Gasteiger partial charge >= 0.3 is 6.03 Å². The molecule has 3 aromatic carbocycles. The number of nitrogens with zero attached hydrogens (tertiary/aromatic N) is 6. The third-order valence-corrected chi connectivity index (χ3v) is 9.35. The van der Waals surface area contributed by atoms with E-state index >= 15 is 0 Å². The summed E-state index contributed by atoms with van der Waals surface area (Å²) in [6.45, 7) is 8.05. The van der Waals surface area contributed by atoms with Gasteiger partial charge in [0.25, 0.3) is 5.91 Å². The number of hydrogen-bond acceptors (Lipinski definition) is 7. The van der Waals surface area contributed by atoms with Gasteiger partial charge in [0.1, 0.15) is 17.6 Å². The summed E-state index contributed by atoms with van der Waals surface area (Å²) >= 11 is 12.6. The highest BCUT2D eigenvalue weighted by Gasteiger charge is 2.45. The molecule has 1 fully saturated rings. The predicted octanol–water partition coefficient (Wildman–Crippen LogP) is 6.50. The molecule has 2 aliphatic rings. The van der Waals surface area contributed by atoms with Crippen molar-refractivity contribution in [3.8, 4) is 11.8 Å². The van der Waals surface area contributed by atoms with Crippen molar-refractivity contribution in [3.63, 3.8) is 0 Å². The lowest BCUT2D eigenvalue weighted by atomic mass is 9.85. The fraction of sp³-hybridized carbons (Fsp3) is 0.389. The van der Waals surface area contributed by atoms with E-state index in [-0.39, 0.29) is 18.5 Å². The van der Waals surface area contributed by atoms with E-state index in [1.54, 1.807) is 16.8 Å². The van der Waals surface area contributed by atoms with Gasteiger partial charge in [-0.1, -0.05) is 53.5 Å². The lowest BCUT2D eigenvalue weighted by molar-refractivity contribution is -0.170. The average Bonchev–Trinajstić information content (AvgIpc) is 3.49. The summed E-state index contributed by atoms with van der Waals surface area (Å²) in [5, 5.41) is 12.2. The number of amidine groups is 1. The molecule has 48 heavy (non-hydrogen) atoms. The number of aliphatic imine (C=N–C) groups is 1. The van der Waals surface area contributed by atoms with Crippen molar-refractivity contribution in [2.45, 2.75) is 38.3 Å². The van der Waals surface area contributed by atoms with Gasteiger partial charge in [-0.2, -0.15) is 5.26 Å². The Kier molecular flexibility index (Phi) is 11.0. The van der Waals surface area contributed by atoms with E-state index in [2.05, 4.69) is 6.07 Å². The molecule has 0 saturated carbocycles. The number of benzene rings is 3. The molecule has 252 valence electrons. The normalized spacial score (nSPS) is 18.3. The maximum Gasteiger partial charge on any atom is 0.326 e. The standard InChI is InChI=1S/C36H40Cl2N6O4/c1-6-48-30-21-26(36(2,3)23-39)11-16-29(30)34-40-32(24-7-12-27(37)13-8-24)33(25-9-14-28(38)15-10-25)44(34)35(46)43-19-17-42(18-20-43)22-31(45)41(4)47-5/h7-16,21,32-33H,6,17-20,22H2,1-5H3/t32-,33-/m1/s1. The van der Waals surface area contributed by atoms with E-state index in [9.17, 15) is 14.9 Å². The van der Waals surface area contributed by atoms with Crippen molar-refractivity contribution in [3.05, 3.63) is 99.0 Å². The molecule has 0 unspecified atom stereocenters. The summed E-state index contributed by atoms with van der Waals surface area (Å²) < 4.78 is 6.17. The Balaban J connectivity index is 1.59. The quantitative estimate of drug-likeness (QED) is 0.238. The van der Waals surface area contributed by atoms with Gasteiger partial charge < -0.3 is 9.64 Å². The summed E-state index contributed by atoms with van der Waals surface area (Å²) in [6, 6.07) is 21.8. The molecule has 0 bridgehead atoms. The summed E-state index contributed by atoms with van der Waals surface area (Å²) in [7, 11) is 3.03. The van der Waals surface area contributed by atoms with Crippen LogP contribution in [-0.2, 0) is 15.0 Å². The number of amides is 3. The van der Waals surface area contributed by atoms with Crippen molar-refractivity contribution in [1.29, 1.82) is 5.26 Å². The van der Waals surface area contributed by atoms with Crippen molar-refractivity contribution in [2.75, 3.05) is 53.5 Å². The Morgan fingerprint density at radius 1 is 0.979 bits per heavy atom. The number of carbonyl (C=O) groups excluding carboxylic acids is 2. The van der Waals surface area contributed by atoms with Gasteiger partial charge in [0.05, 0.1) is 43.4 Å². The van der Waals surface area contributed by atoms with E-state index in [1.165, 1.54) is 12.2 Å². The molecule has 5 rings (SSSR count). The molecule has 0 spiro atoms. The topological polar surface area (TPSA) is 102 Å². The first-order valence-corrected chi connectivity index (χ1v) is 16.6. The number of carbonyl (C=O) groups is 2. The molecule has 12 heteroatoms. The van der Waals surface area contributed by atoms with E-state index in [1.807, 2.05) is 92.4 Å². The Hall–Kier alpha value is -4.14. The maximum absolute atomic E-state index is 14.8. The third-order valence-electron chi connectivity index (χ3n) is 8.85. The molecule has 0 aliphatic carbocycles. The second kappa shape index (κ2) is 15.0. The molecule has 2 aliphatic heterocycles. The SMILES string of the molecule is CCOc1cc(C(C)(C)C#N)ccc1C1=N[C@H](c2ccc(Cl)cc2)[C@@H](c2ccc(Cl)cc2)N1C(=O)N1CCN(CC(=O)N(C)OC)CC1. The first-order valence-electron chi connectivity index (χ1n) is 15.9. The zero-order chi connectivity index (χ0) is 34.6. The smallest absolute Gasteiger partial charge is 0.326 e. The number of ether oxygens (including phenoxy) is 1. The molecular formula is C36H40Cl2N6O4. The fourth-order valence-electron chi connectivity index (χ4n) is 5.93. The summed E-state index contributed by atoms with van der Waals surface area (Å²) in [4.78, 5) is 43.2. The van der Waals surface area contributed by atoms with E-state index in [4.69, 9.17) is 37.8 Å². The van der Waals surface area contributed by atoms with Crippen LogP contribution in [-0.4, -0.2) is 91.0 Å². The fourth-order valence-corrected chi connectivity index (χ4v) is 6.18. The maximum atomic E-state index is 14.8. The molecular weight excluding hydrogens is 651 g/mol. The van der Waals surface area contributed by atoms with Crippen molar-refractivity contribution in [1.82, 2.24) is 19.8 Å². The number of hydrogen-bond donors (Lipinski definition) is 0. The van der Waals surface area contributed by atoms with Gasteiger partial charge in [0.2, 0.25) is 0 Å². The monoisotopic (exact) mass is 690 g/mol. The largest absolute Gasteiger partial charge is 0.493 e. The molecule has 0 radical (unpaired) electrons. The first-order chi connectivity index (χ1) is 23.0. The van der Waals surface area contributed by atoms with Gasteiger partial charge in [-0.15, -0.1) is 0 Å². The zero-order valence-corrected chi connectivity index (χ0v) is 29.3. The van der Waals surface area contributed by atoms with Crippen LogP contribution in [0.5, 0.6) is 5.75 Å². The second-order valence-corrected chi connectivity index (χ2v) is 13.2. The van der Waals surface area contributed by atoms with E-state index in [0.29, 0.717) is 60.0 Å². The van der Waals surface area contributed by atoms with Crippen LogP contribution in [0.4, 0.5) is 4.79 Å². The molecule has 10 nitrogen and oxygen atoms in total. The third kappa shape index (κ3) is 7.45. The lowest BCUT2D eigenvalue weighted by Gasteiger charge is -2.39. The zero-order valence-electron chi connectivity index (χ0n) is 27.8. The highest BCUT2D eigenvalue weighted by atomic mass is 35.5. The van der Waals surface area contributed by atoms with Crippen LogP contribution in [0.25, 0.3) is 0 Å². The van der Waals surface area contributed by atoms with Gasteiger partial charge in [0.15, 0.2) is 0 Å². The van der Waals surface area contributed by atoms with E-state index in [0.717, 1.165) is 16.7 Å². The summed E-state index contributed by atoms with van der Waals surface area (Å²) in [5.74, 6) is 0.836. The number of hydroxylamine groups is 2. The summed E-state index contributed by atoms with van der Waals surface area (Å²) in [6.07, 6.45) is 0. The molecule has 3 aromatic rings. The Morgan fingerprint density at radius 3 is 2.15 bits per heavy atom. The second-order valence-electron chi connectivity index (χ2n) is 12.3. The van der Waals surface area contributed by atoms with Crippen molar-refractivity contribution < 1.29 is 19.2 Å². The molecule has 2 atom stereocenters. The molecule has 3 amide bonds. The molecule has 0 N–H and O–H groups in total. The Morgan fingerprint density at radius 2 is 1.58 bits per heavy atom. The first kappa shape index (κ1) is 35.2. The number of halogens is 2. The van der Waals surface area contributed by atoms with Gasteiger partial charge in [-0.25, -0.2) is 9.86 Å². The Labute approximate surface area is 292 Å².